The second-order valence-corrected chi connectivity index (χ2v) is 9.17. The van der Waals surface area contributed by atoms with Crippen molar-refractivity contribution in [2.45, 2.75) is 25.8 Å². The minimum absolute atomic E-state index is 0.0986. The number of piperidine rings is 1. The summed E-state index contributed by atoms with van der Waals surface area (Å²) in [4.78, 5) is 41.8. The van der Waals surface area contributed by atoms with Crippen molar-refractivity contribution >= 4 is 62.0 Å². The van der Waals surface area contributed by atoms with Crippen molar-refractivity contribution in [2.24, 2.45) is 0 Å². The van der Waals surface area contributed by atoms with E-state index in [-0.39, 0.29) is 11.9 Å². The fourth-order valence-corrected chi connectivity index (χ4v) is 4.80. The smallest absolute Gasteiger partial charge is 0.407 e. The van der Waals surface area contributed by atoms with Gasteiger partial charge in [0.1, 0.15) is 0 Å². The number of amides is 4. The molecule has 0 atom stereocenters. The lowest BCUT2D eigenvalue weighted by atomic mass is 10.1. The molecule has 1 fully saturated rings. The average molecular weight is 488 g/mol. The van der Waals surface area contributed by atoms with Gasteiger partial charge in [-0.15, -0.1) is 0 Å². The van der Waals surface area contributed by atoms with Gasteiger partial charge < -0.3 is 20.6 Å². The Morgan fingerprint density at radius 3 is 2.61 bits per heavy atom. The minimum atomic E-state index is -0.942. The van der Waals surface area contributed by atoms with Gasteiger partial charge in [-0.2, -0.15) is 0 Å². The lowest BCUT2D eigenvalue weighted by Gasteiger charge is -2.30. The molecule has 0 bridgehead atoms. The van der Waals surface area contributed by atoms with Gasteiger partial charge in [-0.05, 0) is 49.6 Å². The molecule has 4 rings (SSSR count). The first-order chi connectivity index (χ1) is 15.8. The van der Waals surface area contributed by atoms with Crippen LogP contribution in [0.1, 0.15) is 28.8 Å². The topological polar surface area (TPSA) is 124 Å². The van der Waals surface area contributed by atoms with E-state index in [1.807, 2.05) is 19.1 Å². The average Bonchev–Trinajstić information content (AvgIpc) is 3.17. The third-order valence-electron chi connectivity index (χ3n) is 5.43. The Balaban J connectivity index is 1.39. The quantitative estimate of drug-likeness (QED) is 0.422. The predicted molar refractivity (Wildman–Crippen MR) is 129 cm³/mol. The van der Waals surface area contributed by atoms with E-state index in [1.54, 1.807) is 24.3 Å². The molecule has 2 aromatic carbocycles. The molecule has 0 unspecified atom stereocenters. The molecule has 1 aliphatic rings. The van der Waals surface area contributed by atoms with Gasteiger partial charge in [-0.3, -0.25) is 10.1 Å². The molecule has 3 aromatic rings. The van der Waals surface area contributed by atoms with Gasteiger partial charge in [0.2, 0.25) is 0 Å². The van der Waals surface area contributed by atoms with Crippen LogP contribution in [0.15, 0.2) is 36.4 Å². The number of para-hydroxylation sites is 1. The molecular weight excluding hydrogens is 466 g/mol. The highest BCUT2D eigenvalue weighted by Gasteiger charge is 2.23. The molecule has 4 amide bonds. The standard InChI is InChI=1S/C22H22ClN5O4S/c1-12-3-2-4-15(23)18(12)26-19(29)13-5-6-16-17(11-13)33-21(25-16)27-20(30)24-14-7-9-28(10-8-14)22(31)32/h2-6,11,14H,7-10H2,1H3,(H,26,29)(H,31,32)(H2,24,25,27,30). The van der Waals surface area contributed by atoms with E-state index in [0.717, 1.165) is 10.3 Å². The molecule has 1 saturated heterocycles. The van der Waals surface area contributed by atoms with Gasteiger partial charge in [0.15, 0.2) is 5.13 Å². The van der Waals surface area contributed by atoms with Crippen LogP contribution in [0, 0.1) is 6.92 Å². The summed E-state index contributed by atoms with van der Waals surface area (Å²) in [5.74, 6) is -0.290. The van der Waals surface area contributed by atoms with Crippen LogP contribution in [-0.4, -0.2) is 52.2 Å². The summed E-state index contributed by atoms with van der Waals surface area (Å²) >= 11 is 7.46. The number of anilines is 2. The number of thiazole rings is 1. The third kappa shape index (κ3) is 5.35. The molecule has 1 aliphatic heterocycles. The number of halogens is 1. The van der Waals surface area contributed by atoms with Gasteiger partial charge in [-0.25, -0.2) is 14.6 Å². The molecule has 4 N–H and O–H groups in total. The Morgan fingerprint density at radius 2 is 1.91 bits per heavy atom. The zero-order valence-electron chi connectivity index (χ0n) is 17.7. The third-order valence-corrected chi connectivity index (χ3v) is 6.68. The van der Waals surface area contributed by atoms with Crippen molar-refractivity contribution in [3.63, 3.8) is 0 Å². The van der Waals surface area contributed by atoms with Gasteiger partial charge in [0.25, 0.3) is 5.91 Å². The fourth-order valence-electron chi connectivity index (χ4n) is 3.63. The number of urea groups is 1. The zero-order valence-corrected chi connectivity index (χ0v) is 19.3. The number of nitrogens with zero attached hydrogens (tertiary/aromatic N) is 2. The number of rotatable bonds is 4. The highest BCUT2D eigenvalue weighted by atomic mass is 35.5. The van der Waals surface area contributed by atoms with Gasteiger partial charge in [0, 0.05) is 24.7 Å². The highest BCUT2D eigenvalue weighted by molar-refractivity contribution is 7.22. The van der Waals surface area contributed by atoms with E-state index in [1.165, 1.54) is 16.2 Å². The number of likely N-dealkylation sites (tertiary alicyclic amines) is 1. The number of aryl methyl sites for hydroxylation is 1. The maximum atomic E-state index is 12.7. The summed E-state index contributed by atoms with van der Waals surface area (Å²) in [5, 5.41) is 18.3. The van der Waals surface area contributed by atoms with Gasteiger partial charge in [-0.1, -0.05) is 35.1 Å². The Bertz CT molecular complexity index is 1200. The van der Waals surface area contributed by atoms with Crippen molar-refractivity contribution in [2.75, 3.05) is 23.7 Å². The van der Waals surface area contributed by atoms with E-state index in [2.05, 4.69) is 20.9 Å². The summed E-state index contributed by atoms with van der Waals surface area (Å²) in [6.45, 7) is 2.65. The summed E-state index contributed by atoms with van der Waals surface area (Å²) < 4.78 is 0.753. The lowest BCUT2D eigenvalue weighted by Crippen LogP contribution is -2.47. The van der Waals surface area contributed by atoms with Crippen LogP contribution in [0.2, 0.25) is 5.02 Å². The maximum absolute atomic E-state index is 12.7. The number of carbonyl (C=O) groups is 3. The number of nitrogens with one attached hydrogen (secondary N) is 3. The summed E-state index contributed by atoms with van der Waals surface area (Å²) in [6.07, 6.45) is 0.175. The SMILES string of the molecule is Cc1cccc(Cl)c1NC(=O)c1ccc2nc(NC(=O)NC3CCN(C(=O)O)CC3)sc2c1. The molecule has 9 nitrogen and oxygen atoms in total. The van der Waals surface area contributed by atoms with Crippen molar-refractivity contribution in [3.8, 4) is 0 Å². The van der Waals surface area contributed by atoms with Crippen LogP contribution >= 0.6 is 22.9 Å². The van der Waals surface area contributed by atoms with Crippen molar-refractivity contribution < 1.29 is 19.5 Å². The second-order valence-electron chi connectivity index (χ2n) is 7.73. The molecule has 33 heavy (non-hydrogen) atoms. The number of carboxylic acid groups (broad SMARTS) is 1. The van der Waals surface area contributed by atoms with Crippen LogP contribution in [0.4, 0.5) is 20.4 Å². The van der Waals surface area contributed by atoms with Crippen molar-refractivity contribution in [3.05, 3.63) is 52.5 Å². The molecule has 2 heterocycles. The molecule has 0 spiro atoms. The predicted octanol–water partition coefficient (Wildman–Crippen LogP) is 4.77. The van der Waals surface area contributed by atoms with Crippen molar-refractivity contribution in [1.82, 2.24) is 15.2 Å². The van der Waals surface area contributed by atoms with Crippen LogP contribution < -0.4 is 16.0 Å². The number of fused-ring (bicyclic) bond motifs is 1. The fraction of sp³-hybridized carbons (Fsp3) is 0.273. The van der Waals surface area contributed by atoms with Crippen molar-refractivity contribution in [1.29, 1.82) is 0 Å². The maximum Gasteiger partial charge on any atom is 0.407 e. The number of aromatic nitrogens is 1. The largest absolute Gasteiger partial charge is 0.465 e. The first kappa shape index (κ1) is 22.8. The lowest BCUT2D eigenvalue weighted by molar-refractivity contribution is 0.102. The molecule has 0 aliphatic carbocycles. The van der Waals surface area contributed by atoms with Gasteiger partial charge >= 0.3 is 12.1 Å². The summed E-state index contributed by atoms with van der Waals surface area (Å²) in [7, 11) is 0. The van der Waals surface area contributed by atoms with Crippen LogP contribution in [0.5, 0.6) is 0 Å². The monoisotopic (exact) mass is 487 g/mol. The van der Waals surface area contributed by atoms with E-state index < -0.39 is 12.1 Å². The second kappa shape index (κ2) is 9.63. The normalized spacial score (nSPS) is 14.2. The van der Waals surface area contributed by atoms with Crippen LogP contribution in [0.25, 0.3) is 10.2 Å². The number of hydrogen-bond donors (Lipinski definition) is 4. The Hall–Kier alpha value is -3.37. The van der Waals surface area contributed by atoms with E-state index >= 15 is 0 Å². The van der Waals surface area contributed by atoms with E-state index in [9.17, 15) is 14.4 Å². The Kier molecular flexibility index (Phi) is 6.66. The zero-order chi connectivity index (χ0) is 23.5. The van der Waals surface area contributed by atoms with E-state index in [4.69, 9.17) is 16.7 Å². The minimum Gasteiger partial charge on any atom is -0.465 e. The summed E-state index contributed by atoms with van der Waals surface area (Å²) in [6, 6.07) is 10.0. The molecule has 0 saturated carbocycles. The summed E-state index contributed by atoms with van der Waals surface area (Å²) in [5.41, 5.74) is 2.55. The number of hydrogen-bond acceptors (Lipinski definition) is 5. The molecule has 0 radical (unpaired) electrons. The van der Waals surface area contributed by atoms with E-state index in [0.29, 0.717) is 52.9 Å². The highest BCUT2D eigenvalue weighted by Crippen LogP contribution is 2.29. The molecule has 11 heteroatoms. The van der Waals surface area contributed by atoms with Crippen LogP contribution in [0.3, 0.4) is 0 Å². The number of carbonyl (C=O) groups excluding carboxylic acids is 2. The first-order valence-corrected chi connectivity index (χ1v) is 11.5. The molecule has 172 valence electrons. The number of benzene rings is 2. The Morgan fingerprint density at radius 1 is 1.15 bits per heavy atom. The molecular formula is C22H22ClN5O4S. The molecule has 1 aromatic heterocycles. The Labute approximate surface area is 198 Å². The first-order valence-electron chi connectivity index (χ1n) is 10.3. The van der Waals surface area contributed by atoms with Crippen LogP contribution in [-0.2, 0) is 0 Å². The van der Waals surface area contributed by atoms with Gasteiger partial charge in [0.05, 0.1) is 20.9 Å².